The van der Waals surface area contributed by atoms with Gasteiger partial charge in [-0.05, 0) is 46.9 Å². The number of fused-ring (bicyclic) bond motifs is 5. The zero-order valence-corrected chi connectivity index (χ0v) is 19.1. The van der Waals surface area contributed by atoms with Crippen LogP contribution in [-0.4, -0.2) is 12.6 Å². The first kappa shape index (κ1) is 21.2. The summed E-state index contributed by atoms with van der Waals surface area (Å²) in [5.74, 6) is 1.86. The lowest BCUT2D eigenvalue weighted by Crippen LogP contribution is -2.26. The van der Waals surface area contributed by atoms with Crippen LogP contribution in [0.4, 0.5) is 0 Å². The zero-order valence-electron chi connectivity index (χ0n) is 19.1. The molecule has 2 aliphatic heterocycles. The summed E-state index contributed by atoms with van der Waals surface area (Å²) in [6.07, 6.45) is 3.15. The predicted molar refractivity (Wildman–Crippen MR) is 132 cm³/mol. The summed E-state index contributed by atoms with van der Waals surface area (Å²) in [7, 11) is 0. The topological polar surface area (TPSA) is 36.9 Å². The molecule has 0 aliphatic carbocycles. The van der Waals surface area contributed by atoms with Gasteiger partial charge in [-0.25, -0.2) is 0 Å². The van der Waals surface area contributed by atoms with Gasteiger partial charge in [-0.2, -0.15) is 0 Å². The molecule has 4 aromatic carbocycles. The summed E-state index contributed by atoms with van der Waals surface area (Å²) in [6, 6.07) is 29.0. The lowest BCUT2D eigenvalue weighted by molar-refractivity contribution is -0.0998. The third-order valence-electron chi connectivity index (χ3n) is 6.67. The quantitative estimate of drug-likeness (QED) is 0.331. The minimum absolute atomic E-state index is 0.214. The normalized spacial score (nSPS) is 19.1. The maximum absolute atomic E-state index is 6.22. The molecule has 2 heterocycles. The molecule has 6 rings (SSSR count). The Morgan fingerprint density at radius 2 is 1.00 bits per heavy atom. The van der Waals surface area contributed by atoms with Gasteiger partial charge in [0.15, 0.2) is 0 Å². The molecule has 2 atom stereocenters. The Balaban J connectivity index is 1.15. The highest BCUT2D eigenvalue weighted by Gasteiger charge is 2.26. The van der Waals surface area contributed by atoms with E-state index in [9.17, 15) is 0 Å². The number of benzene rings is 4. The van der Waals surface area contributed by atoms with Crippen molar-refractivity contribution >= 4 is 10.8 Å². The molecule has 4 heteroatoms. The number of rotatable bonds is 6. The van der Waals surface area contributed by atoms with Gasteiger partial charge in [0.05, 0.1) is 13.2 Å². The van der Waals surface area contributed by atoms with Gasteiger partial charge in [0.2, 0.25) is 12.6 Å². The first-order valence-electron chi connectivity index (χ1n) is 12.1. The first-order chi connectivity index (χ1) is 16.8. The molecule has 0 aromatic heterocycles. The highest BCUT2D eigenvalue weighted by molar-refractivity contribution is 5.92. The molecule has 4 aromatic rings. The van der Waals surface area contributed by atoms with E-state index in [1.807, 2.05) is 36.4 Å². The van der Waals surface area contributed by atoms with Crippen LogP contribution in [0.15, 0.2) is 84.9 Å². The van der Waals surface area contributed by atoms with Crippen LogP contribution in [0, 0.1) is 0 Å². The molecule has 4 nitrogen and oxygen atoms in total. The Morgan fingerprint density at radius 3 is 1.44 bits per heavy atom. The van der Waals surface area contributed by atoms with E-state index in [2.05, 4.69) is 48.5 Å². The monoisotopic (exact) mass is 452 g/mol. The summed E-state index contributed by atoms with van der Waals surface area (Å²) < 4.78 is 24.5. The van der Waals surface area contributed by atoms with E-state index in [1.54, 1.807) is 0 Å². The standard InChI is InChI=1S/C30H28O4/c1-3-7-21(8-4-1)19-31-29-17-13-25-23-12-16-28-26(24(23)11-15-27(25)33-29)14-18-30(34-28)32-20-22-9-5-2-6-10-22/h1-12,15-16,29-30H,13-14,17-20H2/t29-,30-/m0/s1. The summed E-state index contributed by atoms with van der Waals surface area (Å²) in [5, 5.41) is 2.51. The molecule has 172 valence electrons. The predicted octanol–water partition coefficient (Wildman–Crippen LogP) is 6.58. The van der Waals surface area contributed by atoms with Crippen LogP contribution in [0.3, 0.4) is 0 Å². The third-order valence-corrected chi connectivity index (χ3v) is 6.67. The maximum Gasteiger partial charge on any atom is 0.200 e. The molecule has 0 fully saturated rings. The van der Waals surface area contributed by atoms with Gasteiger partial charge in [0.25, 0.3) is 0 Å². The fourth-order valence-electron chi connectivity index (χ4n) is 4.91. The Morgan fingerprint density at radius 1 is 0.559 bits per heavy atom. The Labute approximate surface area is 200 Å². The van der Waals surface area contributed by atoms with Crippen molar-refractivity contribution in [2.75, 3.05) is 0 Å². The van der Waals surface area contributed by atoms with E-state index >= 15 is 0 Å². The molecule has 0 bridgehead atoms. The van der Waals surface area contributed by atoms with Gasteiger partial charge >= 0.3 is 0 Å². The van der Waals surface area contributed by atoms with Crippen LogP contribution in [0.5, 0.6) is 11.5 Å². The van der Waals surface area contributed by atoms with Crippen molar-refractivity contribution in [2.45, 2.75) is 51.5 Å². The van der Waals surface area contributed by atoms with E-state index in [-0.39, 0.29) is 12.6 Å². The summed E-state index contributed by atoms with van der Waals surface area (Å²) in [4.78, 5) is 0. The first-order valence-corrected chi connectivity index (χ1v) is 12.1. The number of hydrogen-bond acceptors (Lipinski definition) is 4. The van der Waals surface area contributed by atoms with Gasteiger partial charge in [-0.1, -0.05) is 72.8 Å². The van der Waals surface area contributed by atoms with Crippen molar-refractivity contribution in [3.05, 3.63) is 107 Å². The van der Waals surface area contributed by atoms with E-state index < -0.39 is 0 Å². The molecular weight excluding hydrogens is 424 g/mol. The van der Waals surface area contributed by atoms with Crippen LogP contribution in [0.2, 0.25) is 0 Å². The molecule has 0 unspecified atom stereocenters. The van der Waals surface area contributed by atoms with Crippen molar-refractivity contribution in [1.29, 1.82) is 0 Å². The average Bonchev–Trinajstić information content (AvgIpc) is 2.91. The van der Waals surface area contributed by atoms with Crippen LogP contribution in [-0.2, 0) is 35.5 Å². The highest BCUT2D eigenvalue weighted by Crippen LogP contribution is 2.40. The van der Waals surface area contributed by atoms with Gasteiger partial charge in [-0.15, -0.1) is 0 Å². The molecule has 0 N–H and O–H groups in total. The minimum atomic E-state index is -0.214. The van der Waals surface area contributed by atoms with Gasteiger partial charge < -0.3 is 18.9 Å². The van der Waals surface area contributed by atoms with E-state index in [1.165, 1.54) is 21.9 Å². The molecule has 0 radical (unpaired) electrons. The fourth-order valence-corrected chi connectivity index (χ4v) is 4.91. The largest absolute Gasteiger partial charge is 0.465 e. The summed E-state index contributed by atoms with van der Waals surface area (Å²) in [5.41, 5.74) is 4.85. The van der Waals surface area contributed by atoms with Gasteiger partial charge in [0, 0.05) is 24.0 Å². The Bertz CT molecular complexity index is 1170. The van der Waals surface area contributed by atoms with Crippen LogP contribution < -0.4 is 9.47 Å². The molecule has 0 saturated heterocycles. The lowest BCUT2D eigenvalue weighted by atomic mass is 9.92. The second kappa shape index (κ2) is 9.49. The third kappa shape index (κ3) is 4.39. The van der Waals surface area contributed by atoms with E-state index in [4.69, 9.17) is 18.9 Å². The molecule has 0 amide bonds. The highest BCUT2D eigenvalue weighted by atomic mass is 16.7. The summed E-state index contributed by atoms with van der Waals surface area (Å²) in [6.45, 7) is 1.12. The molecule has 0 spiro atoms. The maximum atomic E-state index is 6.22. The van der Waals surface area contributed by atoms with E-state index in [0.29, 0.717) is 13.2 Å². The average molecular weight is 453 g/mol. The minimum Gasteiger partial charge on any atom is -0.465 e. The SMILES string of the molecule is c1ccc(CO[C@@H]2CCc3c(ccc4c5c(ccc34)O[C@H](OCc3ccccc3)CC5)O2)cc1. The van der Waals surface area contributed by atoms with Crippen molar-refractivity contribution in [2.24, 2.45) is 0 Å². The van der Waals surface area contributed by atoms with Crippen LogP contribution in [0.1, 0.15) is 35.1 Å². The fraction of sp³-hybridized carbons (Fsp3) is 0.267. The van der Waals surface area contributed by atoms with Gasteiger partial charge in [-0.3, -0.25) is 0 Å². The number of aryl methyl sites for hydroxylation is 2. The molecule has 0 saturated carbocycles. The number of hydrogen-bond donors (Lipinski definition) is 0. The molecule has 2 aliphatic rings. The van der Waals surface area contributed by atoms with Crippen molar-refractivity contribution in [3.63, 3.8) is 0 Å². The summed E-state index contributed by atoms with van der Waals surface area (Å²) >= 11 is 0. The van der Waals surface area contributed by atoms with E-state index in [0.717, 1.165) is 48.3 Å². The van der Waals surface area contributed by atoms with Gasteiger partial charge in [0.1, 0.15) is 11.5 Å². The molecule has 34 heavy (non-hydrogen) atoms. The van der Waals surface area contributed by atoms with Crippen molar-refractivity contribution < 1.29 is 18.9 Å². The smallest absolute Gasteiger partial charge is 0.200 e. The van der Waals surface area contributed by atoms with Crippen LogP contribution >= 0.6 is 0 Å². The molecular formula is C30H28O4. The van der Waals surface area contributed by atoms with Crippen molar-refractivity contribution in [1.82, 2.24) is 0 Å². The van der Waals surface area contributed by atoms with Crippen molar-refractivity contribution in [3.8, 4) is 11.5 Å². The van der Waals surface area contributed by atoms with Crippen LogP contribution in [0.25, 0.3) is 10.8 Å². The zero-order chi connectivity index (χ0) is 22.7. The number of ether oxygens (including phenoxy) is 4. The Hall–Kier alpha value is -3.34. The Kier molecular flexibility index (Phi) is 5.92. The second-order valence-corrected chi connectivity index (χ2v) is 8.95. The second-order valence-electron chi connectivity index (χ2n) is 8.95. The lowest BCUT2D eigenvalue weighted by Gasteiger charge is -2.29.